The van der Waals surface area contributed by atoms with Crippen LogP contribution in [0.4, 0.5) is 4.79 Å². The summed E-state index contributed by atoms with van der Waals surface area (Å²) >= 11 is 6.06. The summed E-state index contributed by atoms with van der Waals surface area (Å²) in [6.07, 6.45) is 8.07. The largest absolute Gasteiger partial charge is 0.339 e. The number of rotatable bonds is 2. The van der Waals surface area contributed by atoms with E-state index in [4.69, 9.17) is 16.9 Å². The van der Waals surface area contributed by atoms with E-state index in [9.17, 15) is 4.79 Å². The summed E-state index contributed by atoms with van der Waals surface area (Å²) in [4.78, 5) is 23.6. The minimum atomic E-state index is 0.161. The molecule has 3 aliphatic heterocycles. The molecule has 8 nitrogen and oxygen atoms in total. The topological polar surface area (TPSA) is 87.0 Å². The van der Waals surface area contributed by atoms with Gasteiger partial charge in [-0.1, -0.05) is 30.9 Å². The first-order valence-corrected chi connectivity index (χ1v) is 10.3. The van der Waals surface area contributed by atoms with Gasteiger partial charge in [0.15, 0.2) is 10.9 Å². The molecule has 0 spiro atoms. The van der Waals surface area contributed by atoms with Gasteiger partial charge in [0.2, 0.25) is 5.96 Å². The molecule has 0 bridgehead atoms. The zero-order valence-corrected chi connectivity index (χ0v) is 16.2. The van der Waals surface area contributed by atoms with Crippen molar-refractivity contribution in [1.82, 2.24) is 25.6 Å². The average Bonchev–Trinajstić information content (AvgIpc) is 3.10. The molecule has 2 amide bonds. The molecule has 0 aromatic heterocycles. The van der Waals surface area contributed by atoms with Crippen LogP contribution in [0.1, 0.15) is 44.9 Å². The van der Waals surface area contributed by atoms with Crippen molar-refractivity contribution in [2.45, 2.75) is 57.0 Å². The molecule has 9 heteroatoms. The van der Waals surface area contributed by atoms with Crippen molar-refractivity contribution >= 4 is 23.6 Å². The molecule has 2 N–H and O–H groups in total. The SMILES string of the molecule is N#CC1=C(Cl)N=C(N2CCCC(N3CCN(C4CCCCC4)C3=O)C2)NN1. The number of hydrogen-bond acceptors (Lipinski definition) is 6. The third kappa shape index (κ3) is 3.65. The van der Waals surface area contributed by atoms with Gasteiger partial charge in [0.05, 0.1) is 6.04 Å². The molecule has 1 atom stereocenters. The van der Waals surface area contributed by atoms with E-state index in [1.54, 1.807) is 0 Å². The fraction of sp³-hybridized carbons (Fsp3) is 0.722. The number of allylic oxidation sites excluding steroid dienone is 1. The number of aliphatic imine (C=N–C) groups is 1. The van der Waals surface area contributed by atoms with E-state index in [1.807, 2.05) is 6.07 Å². The van der Waals surface area contributed by atoms with Crippen molar-refractivity contribution in [3.63, 3.8) is 0 Å². The fourth-order valence-corrected chi connectivity index (χ4v) is 4.78. The van der Waals surface area contributed by atoms with E-state index in [1.165, 1.54) is 19.3 Å². The summed E-state index contributed by atoms with van der Waals surface area (Å²) in [6.45, 7) is 3.24. The second kappa shape index (κ2) is 7.85. The molecule has 27 heavy (non-hydrogen) atoms. The number of nitrogens with one attached hydrogen (secondary N) is 2. The van der Waals surface area contributed by atoms with Gasteiger partial charge >= 0.3 is 6.03 Å². The van der Waals surface area contributed by atoms with E-state index in [-0.39, 0.29) is 22.9 Å². The first-order valence-electron chi connectivity index (χ1n) is 9.90. The Bertz CT molecular complexity index is 694. The van der Waals surface area contributed by atoms with Crippen LogP contribution in [-0.4, -0.2) is 65.0 Å². The normalized spacial score (nSPS) is 27.3. The molecule has 1 unspecified atom stereocenters. The number of carbonyl (C=O) groups excluding carboxylic acids is 1. The Morgan fingerprint density at radius 1 is 1.00 bits per heavy atom. The van der Waals surface area contributed by atoms with E-state index < -0.39 is 0 Å². The summed E-state index contributed by atoms with van der Waals surface area (Å²) in [5.74, 6) is 0.611. The third-order valence-electron chi connectivity index (χ3n) is 6.05. The minimum absolute atomic E-state index is 0.161. The van der Waals surface area contributed by atoms with Crippen molar-refractivity contribution in [2.24, 2.45) is 4.99 Å². The lowest BCUT2D eigenvalue weighted by Crippen LogP contribution is -2.56. The zero-order chi connectivity index (χ0) is 18.8. The molecule has 4 rings (SSSR count). The number of hydrazine groups is 1. The zero-order valence-electron chi connectivity index (χ0n) is 15.5. The maximum absolute atomic E-state index is 13.0. The summed E-state index contributed by atoms with van der Waals surface area (Å²) in [5, 5.41) is 9.14. The second-order valence-corrected chi connectivity index (χ2v) is 8.02. The van der Waals surface area contributed by atoms with E-state index in [0.717, 1.165) is 51.9 Å². The van der Waals surface area contributed by atoms with Crippen LogP contribution >= 0.6 is 11.6 Å². The van der Waals surface area contributed by atoms with Crippen LogP contribution in [0, 0.1) is 11.3 Å². The van der Waals surface area contributed by atoms with Gasteiger partial charge in [-0.2, -0.15) is 10.3 Å². The first kappa shape index (κ1) is 18.2. The fourth-order valence-electron chi connectivity index (χ4n) is 4.61. The van der Waals surface area contributed by atoms with Gasteiger partial charge in [-0.15, -0.1) is 0 Å². The van der Waals surface area contributed by atoms with E-state index in [2.05, 4.69) is 30.5 Å². The standard InChI is InChI=1S/C18H26ClN7O/c19-16-15(11-20)22-23-17(21-16)24-8-4-7-14(12-24)26-10-9-25(18(26)27)13-5-2-1-3-6-13/h13-14,22H,1-10,12H2,(H,21,23). The molecule has 1 aliphatic carbocycles. The van der Waals surface area contributed by atoms with Crippen LogP contribution in [-0.2, 0) is 0 Å². The van der Waals surface area contributed by atoms with Crippen molar-refractivity contribution in [3.8, 4) is 6.07 Å². The van der Waals surface area contributed by atoms with Gasteiger partial charge in [-0.05, 0) is 25.7 Å². The maximum atomic E-state index is 13.0. The predicted molar refractivity (Wildman–Crippen MR) is 102 cm³/mol. The number of carbonyl (C=O) groups is 1. The Hall–Kier alpha value is -2.14. The summed E-state index contributed by atoms with van der Waals surface area (Å²) in [5.41, 5.74) is 5.95. The highest BCUT2D eigenvalue weighted by molar-refractivity contribution is 6.30. The smallest absolute Gasteiger partial charge is 0.320 e. The molecule has 2 saturated heterocycles. The highest BCUT2D eigenvalue weighted by Crippen LogP contribution is 2.28. The quantitative estimate of drug-likeness (QED) is 0.702. The van der Waals surface area contributed by atoms with E-state index in [0.29, 0.717) is 12.0 Å². The van der Waals surface area contributed by atoms with Crippen LogP contribution < -0.4 is 10.9 Å². The van der Waals surface area contributed by atoms with Crippen molar-refractivity contribution < 1.29 is 4.79 Å². The summed E-state index contributed by atoms with van der Waals surface area (Å²) in [6, 6.07) is 2.78. The number of likely N-dealkylation sites (tertiary alicyclic amines) is 1. The lowest BCUT2D eigenvalue weighted by atomic mass is 9.94. The van der Waals surface area contributed by atoms with Crippen LogP contribution in [0.3, 0.4) is 0 Å². The number of urea groups is 1. The molecule has 0 radical (unpaired) electrons. The summed E-state index contributed by atoms with van der Waals surface area (Å²) < 4.78 is 0. The molecule has 0 aromatic carbocycles. The number of nitrogens with zero attached hydrogens (tertiary/aromatic N) is 5. The van der Waals surface area contributed by atoms with Gasteiger partial charge in [-0.25, -0.2) is 4.79 Å². The van der Waals surface area contributed by atoms with Gasteiger partial charge in [0.1, 0.15) is 6.07 Å². The Morgan fingerprint density at radius 2 is 1.70 bits per heavy atom. The third-order valence-corrected chi connectivity index (χ3v) is 6.32. The van der Waals surface area contributed by atoms with Gasteiger partial charge in [-0.3, -0.25) is 10.9 Å². The van der Waals surface area contributed by atoms with Gasteiger partial charge in [0.25, 0.3) is 0 Å². The van der Waals surface area contributed by atoms with Crippen LogP contribution in [0.5, 0.6) is 0 Å². The highest BCUT2D eigenvalue weighted by atomic mass is 35.5. The maximum Gasteiger partial charge on any atom is 0.320 e. The molecule has 4 aliphatic rings. The van der Waals surface area contributed by atoms with Crippen molar-refractivity contribution in [2.75, 3.05) is 26.2 Å². The molecule has 1 saturated carbocycles. The second-order valence-electron chi connectivity index (χ2n) is 7.67. The highest BCUT2D eigenvalue weighted by Gasteiger charge is 2.39. The minimum Gasteiger partial charge on any atom is -0.339 e. The van der Waals surface area contributed by atoms with Crippen molar-refractivity contribution in [3.05, 3.63) is 10.9 Å². The Kier molecular flexibility index (Phi) is 5.30. The van der Waals surface area contributed by atoms with Crippen molar-refractivity contribution in [1.29, 1.82) is 5.26 Å². The van der Waals surface area contributed by atoms with E-state index >= 15 is 0 Å². The lowest BCUT2D eigenvalue weighted by Gasteiger charge is -2.39. The number of amides is 2. The number of nitriles is 1. The number of piperidine rings is 1. The number of guanidine groups is 1. The summed E-state index contributed by atoms with van der Waals surface area (Å²) in [7, 11) is 0. The predicted octanol–water partition coefficient (Wildman–Crippen LogP) is 1.92. The van der Waals surface area contributed by atoms with Gasteiger partial charge < -0.3 is 14.7 Å². The molecular weight excluding hydrogens is 366 g/mol. The molecular formula is C18H26ClN7O. The number of halogens is 1. The van der Waals surface area contributed by atoms with Crippen LogP contribution in [0.25, 0.3) is 0 Å². The van der Waals surface area contributed by atoms with Gasteiger partial charge in [0, 0.05) is 32.2 Å². The monoisotopic (exact) mass is 391 g/mol. The molecule has 0 aromatic rings. The Morgan fingerprint density at radius 3 is 2.41 bits per heavy atom. The Balaban J connectivity index is 1.41. The average molecular weight is 392 g/mol. The first-order chi connectivity index (χ1) is 13.2. The Labute approximate surface area is 164 Å². The van der Waals surface area contributed by atoms with Crippen LogP contribution in [0.15, 0.2) is 15.8 Å². The molecule has 146 valence electrons. The number of hydrogen-bond donors (Lipinski definition) is 2. The molecule has 3 heterocycles. The van der Waals surface area contributed by atoms with Crippen LogP contribution in [0.2, 0.25) is 0 Å². The molecule has 3 fully saturated rings. The lowest BCUT2D eigenvalue weighted by molar-refractivity contribution is 0.135.